The summed E-state index contributed by atoms with van der Waals surface area (Å²) in [6.45, 7) is 0.407. The summed E-state index contributed by atoms with van der Waals surface area (Å²) < 4.78 is 1.73. The van der Waals surface area contributed by atoms with Crippen LogP contribution >= 0.6 is 0 Å². The van der Waals surface area contributed by atoms with Crippen LogP contribution in [0, 0.1) is 0 Å². The van der Waals surface area contributed by atoms with Crippen molar-refractivity contribution >= 4 is 11.0 Å². The van der Waals surface area contributed by atoms with Gasteiger partial charge in [0.15, 0.2) is 0 Å². The van der Waals surface area contributed by atoms with Crippen molar-refractivity contribution in [1.82, 2.24) is 15.0 Å². The lowest BCUT2D eigenvalue weighted by molar-refractivity contribution is 0.152. The first-order valence-corrected chi connectivity index (χ1v) is 5.86. The van der Waals surface area contributed by atoms with E-state index in [-0.39, 0.29) is 0 Å². The molecule has 1 heterocycles. The Kier molecular flexibility index (Phi) is 2.78. The average molecular weight is 239 g/mol. The molecule has 0 fully saturated rings. The van der Waals surface area contributed by atoms with E-state index in [1.54, 1.807) is 4.68 Å². The van der Waals surface area contributed by atoms with Crippen LogP contribution < -0.4 is 0 Å². The van der Waals surface area contributed by atoms with Crippen LogP contribution in [0.5, 0.6) is 0 Å². The lowest BCUT2D eigenvalue weighted by Crippen LogP contribution is -2.09. The number of para-hydroxylation sites is 1. The molecule has 3 aromatic rings. The molecule has 18 heavy (non-hydrogen) atoms. The number of fused-ring (bicyclic) bond motifs is 1. The first-order valence-electron chi connectivity index (χ1n) is 5.86. The molecule has 90 valence electrons. The molecule has 4 heteroatoms. The van der Waals surface area contributed by atoms with Crippen LogP contribution in [0.2, 0.25) is 0 Å². The Hall–Kier alpha value is -2.20. The van der Waals surface area contributed by atoms with E-state index >= 15 is 0 Å². The lowest BCUT2D eigenvalue weighted by Gasteiger charge is -2.10. The number of benzene rings is 2. The van der Waals surface area contributed by atoms with E-state index in [9.17, 15) is 5.11 Å². The minimum atomic E-state index is -0.573. The lowest BCUT2D eigenvalue weighted by atomic mass is 10.1. The van der Waals surface area contributed by atoms with Gasteiger partial charge in [0.1, 0.15) is 5.52 Å². The summed E-state index contributed by atoms with van der Waals surface area (Å²) in [5, 5.41) is 18.3. The molecule has 0 aliphatic heterocycles. The van der Waals surface area contributed by atoms with E-state index in [4.69, 9.17) is 0 Å². The van der Waals surface area contributed by atoms with Gasteiger partial charge in [-0.25, -0.2) is 4.68 Å². The van der Waals surface area contributed by atoms with Gasteiger partial charge in [0.2, 0.25) is 0 Å². The van der Waals surface area contributed by atoms with Crippen molar-refractivity contribution in [3.8, 4) is 0 Å². The molecule has 0 aliphatic rings. The summed E-state index contributed by atoms with van der Waals surface area (Å²) >= 11 is 0. The summed E-state index contributed by atoms with van der Waals surface area (Å²) in [6.07, 6.45) is -0.573. The van der Waals surface area contributed by atoms with Gasteiger partial charge in [0.25, 0.3) is 0 Å². The number of rotatable bonds is 3. The smallest absolute Gasteiger partial charge is 0.113 e. The van der Waals surface area contributed by atoms with Crippen molar-refractivity contribution in [3.05, 3.63) is 60.2 Å². The maximum atomic E-state index is 10.2. The molecule has 0 saturated heterocycles. The minimum absolute atomic E-state index is 0.407. The summed E-state index contributed by atoms with van der Waals surface area (Å²) in [7, 11) is 0. The molecule has 1 N–H and O–H groups in total. The molecule has 1 atom stereocenters. The molecule has 0 radical (unpaired) electrons. The second-order valence-corrected chi connectivity index (χ2v) is 4.19. The summed E-state index contributed by atoms with van der Waals surface area (Å²) in [4.78, 5) is 0. The highest BCUT2D eigenvalue weighted by Crippen LogP contribution is 2.17. The number of hydrogen-bond donors (Lipinski definition) is 1. The zero-order chi connectivity index (χ0) is 12.4. The minimum Gasteiger partial charge on any atom is -0.386 e. The fourth-order valence-corrected chi connectivity index (χ4v) is 2.00. The Bertz CT molecular complexity index is 648. The monoisotopic (exact) mass is 239 g/mol. The van der Waals surface area contributed by atoms with Gasteiger partial charge in [0, 0.05) is 0 Å². The first kappa shape index (κ1) is 10.9. The molecule has 0 saturated carbocycles. The maximum Gasteiger partial charge on any atom is 0.113 e. The van der Waals surface area contributed by atoms with Crippen LogP contribution in [0.1, 0.15) is 11.7 Å². The molecule has 0 unspecified atom stereocenters. The number of aliphatic hydroxyl groups is 1. The molecule has 4 nitrogen and oxygen atoms in total. The van der Waals surface area contributed by atoms with E-state index in [0.717, 1.165) is 16.6 Å². The van der Waals surface area contributed by atoms with E-state index in [0.29, 0.717) is 6.54 Å². The molecule has 1 aromatic heterocycles. The fraction of sp³-hybridized carbons (Fsp3) is 0.143. The third-order valence-electron chi connectivity index (χ3n) is 2.95. The zero-order valence-corrected chi connectivity index (χ0v) is 9.77. The second-order valence-electron chi connectivity index (χ2n) is 4.19. The largest absolute Gasteiger partial charge is 0.386 e. The Morgan fingerprint density at radius 2 is 1.72 bits per heavy atom. The molecule has 0 spiro atoms. The van der Waals surface area contributed by atoms with Crippen LogP contribution in [0.3, 0.4) is 0 Å². The Morgan fingerprint density at radius 1 is 1.00 bits per heavy atom. The highest BCUT2D eigenvalue weighted by atomic mass is 16.3. The van der Waals surface area contributed by atoms with Crippen LogP contribution in [-0.4, -0.2) is 20.1 Å². The van der Waals surface area contributed by atoms with E-state index in [1.165, 1.54) is 0 Å². The van der Waals surface area contributed by atoms with Crippen LogP contribution in [-0.2, 0) is 6.54 Å². The SMILES string of the molecule is O[C@H](Cn1nnc2ccccc21)c1ccccc1. The zero-order valence-electron chi connectivity index (χ0n) is 9.77. The number of aliphatic hydroxyl groups excluding tert-OH is 1. The predicted molar refractivity (Wildman–Crippen MR) is 68.9 cm³/mol. The summed E-state index contributed by atoms with van der Waals surface area (Å²) in [6, 6.07) is 17.3. The van der Waals surface area contributed by atoms with Crippen LogP contribution in [0.15, 0.2) is 54.6 Å². The van der Waals surface area contributed by atoms with Gasteiger partial charge in [-0.1, -0.05) is 47.7 Å². The number of nitrogens with zero attached hydrogens (tertiary/aromatic N) is 3. The normalized spacial score (nSPS) is 12.7. The first-order chi connectivity index (χ1) is 8.84. The van der Waals surface area contributed by atoms with E-state index < -0.39 is 6.10 Å². The highest BCUT2D eigenvalue weighted by Gasteiger charge is 2.11. The van der Waals surface area contributed by atoms with Gasteiger partial charge >= 0.3 is 0 Å². The molecule has 3 rings (SSSR count). The molecule has 0 amide bonds. The van der Waals surface area contributed by atoms with Crippen molar-refractivity contribution in [2.24, 2.45) is 0 Å². The topological polar surface area (TPSA) is 50.9 Å². The van der Waals surface area contributed by atoms with Crippen molar-refractivity contribution in [2.45, 2.75) is 12.6 Å². The molecule has 0 bridgehead atoms. The third kappa shape index (κ3) is 1.98. The van der Waals surface area contributed by atoms with Crippen LogP contribution in [0.4, 0.5) is 0 Å². The third-order valence-corrected chi connectivity index (χ3v) is 2.95. The molecular formula is C14H13N3O. The predicted octanol–water partition coefficient (Wildman–Crippen LogP) is 2.16. The quantitative estimate of drug-likeness (QED) is 0.762. The van der Waals surface area contributed by atoms with Crippen molar-refractivity contribution in [3.63, 3.8) is 0 Å². The molecule has 2 aromatic carbocycles. The molecular weight excluding hydrogens is 226 g/mol. The number of aromatic nitrogens is 3. The summed E-state index contributed by atoms with van der Waals surface area (Å²) in [5.74, 6) is 0. The van der Waals surface area contributed by atoms with Gasteiger partial charge in [-0.05, 0) is 17.7 Å². The van der Waals surface area contributed by atoms with Gasteiger partial charge in [-0.2, -0.15) is 0 Å². The molecule has 0 aliphatic carbocycles. The Balaban J connectivity index is 1.89. The van der Waals surface area contributed by atoms with Crippen molar-refractivity contribution in [2.75, 3.05) is 0 Å². The van der Waals surface area contributed by atoms with Crippen molar-refractivity contribution in [1.29, 1.82) is 0 Å². The second kappa shape index (κ2) is 4.58. The Morgan fingerprint density at radius 3 is 2.56 bits per heavy atom. The average Bonchev–Trinajstić information content (AvgIpc) is 2.83. The van der Waals surface area contributed by atoms with E-state index in [2.05, 4.69) is 10.3 Å². The van der Waals surface area contributed by atoms with Gasteiger partial charge in [0.05, 0.1) is 18.2 Å². The fourth-order valence-electron chi connectivity index (χ4n) is 2.00. The van der Waals surface area contributed by atoms with Crippen molar-refractivity contribution < 1.29 is 5.11 Å². The highest BCUT2D eigenvalue weighted by molar-refractivity contribution is 5.73. The van der Waals surface area contributed by atoms with Gasteiger partial charge in [-0.3, -0.25) is 0 Å². The van der Waals surface area contributed by atoms with Crippen LogP contribution in [0.25, 0.3) is 11.0 Å². The summed E-state index contributed by atoms with van der Waals surface area (Å²) in [5.41, 5.74) is 2.67. The Labute approximate surface area is 104 Å². The van der Waals surface area contributed by atoms with Gasteiger partial charge in [-0.15, -0.1) is 5.10 Å². The maximum absolute atomic E-state index is 10.2. The number of hydrogen-bond acceptors (Lipinski definition) is 3. The van der Waals surface area contributed by atoms with Gasteiger partial charge < -0.3 is 5.11 Å². The van der Waals surface area contributed by atoms with E-state index in [1.807, 2.05) is 54.6 Å². The standard InChI is InChI=1S/C14H13N3O/c18-14(11-6-2-1-3-7-11)10-17-13-9-5-4-8-12(13)15-16-17/h1-9,14,18H,10H2/t14-/m1/s1.